The van der Waals surface area contributed by atoms with E-state index in [9.17, 15) is 9.59 Å². The zero-order chi connectivity index (χ0) is 13.8. The first-order valence-corrected chi connectivity index (χ1v) is 5.94. The molecule has 0 saturated carbocycles. The van der Waals surface area contributed by atoms with Crippen molar-refractivity contribution < 1.29 is 14.7 Å². The van der Waals surface area contributed by atoms with Gasteiger partial charge in [-0.1, -0.05) is 25.1 Å². The van der Waals surface area contributed by atoms with Crippen LogP contribution in [0.3, 0.4) is 0 Å². The second-order valence-electron chi connectivity index (χ2n) is 4.09. The Morgan fingerprint density at radius 2 is 2.21 bits per heavy atom. The number of hydrogen-bond acceptors (Lipinski definition) is 3. The summed E-state index contributed by atoms with van der Waals surface area (Å²) in [6.07, 6.45) is 3.84. The fourth-order valence-corrected chi connectivity index (χ4v) is 1.95. The second kappa shape index (κ2) is 5.44. The monoisotopic (exact) mass is 255 g/mol. The minimum Gasteiger partial charge on any atom is -0.478 e. The van der Waals surface area contributed by atoms with Crippen LogP contribution in [0, 0.1) is 0 Å². The van der Waals surface area contributed by atoms with E-state index < -0.39 is 5.97 Å². The van der Waals surface area contributed by atoms with Crippen LogP contribution < -0.4 is 0 Å². The van der Waals surface area contributed by atoms with Crippen molar-refractivity contribution in [3.05, 3.63) is 47.2 Å². The van der Waals surface area contributed by atoms with Crippen LogP contribution in [0.5, 0.6) is 0 Å². The van der Waals surface area contributed by atoms with E-state index in [-0.39, 0.29) is 0 Å². The highest BCUT2D eigenvalue weighted by molar-refractivity contribution is 5.93. The number of rotatable bonds is 4. The minimum absolute atomic E-state index is 0.380. The molecule has 0 aliphatic rings. The number of carboxylic acid groups (broad SMARTS) is 1. The van der Waals surface area contributed by atoms with Crippen LogP contribution in [0.1, 0.15) is 28.5 Å². The number of aromatic nitrogens is 1. The van der Waals surface area contributed by atoms with Crippen molar-refractivity contribution in [1.29, 1.82) is 0 Å². The zero-order valence-corrected chi connectivity index (χ0v) is 10.5. The normalized spacial score (nSPS) is 11.0. The lowest BCUT2D eigenvalue weighted by atomic mass is 10.0. The van der Waals surface area contributed by atoms with E-state index in [1.54, 1.807) is 6.07 Å². The van der Waals surface area contributed by atoms with Gasteiger partial charge in [-0.25, -0.2) is 9.78 Å². The van der Waals surface area contributed by atoms with Crippen molar-refractivity contribution in [3.8, 4) is 0 Å². The molecule has 2 rings (SSSR count). The largest absolute Gasteiger partial charge is 0.478 e. The second-order valence-corrected chi connectivity index (χ2v) is 4.09. The molecule has 0 atom stereocenters. The highest BCUT2D eigenvalue weighted by atomic mass is 16.4. The summed E-state index contributed by atoms with van der Waals surface area (Å²) in [5, 5.41) is 9.53. The first-order valence-electron chi connectivity index (χ1n) is 5.94. The molecule has 4 nitrogen and oxygen atoms in total. The molecule has 96 valence electrons. The van der Waals surface area contributed by atoms with E-state index >= 15 is 0 Å². The number of hydrogen-bond donors (Lipinski definition) is 1. The van der Waals surface area contributed by atoms with E-state index in [1.165, 1.54) is 6.08 Å². The van der Waals surface area contributed by atoms with Gasteiger partial charge in [0, 0.05) is 17.0 Å². The molecule has 1 aromatic carbocycles. The molecule has 1 aromatic heterocycles. The van der Waals surface area contributed by atoms with Crippen molar-refractivity contribution in [2.24, 2.45) is 0 Å². The highest BCUT2D eigenvalue weighted by Crippen LogP contribution is 2.20. The Labute approximate surface area is 110 Å². The molecular formula is C15H13NO3. The van der Waals surface area contributed by atoms with Gasteiger partial charge in [0.2, 0.25) is 0 Å². The standard InChI is InChI=1S/C15H13NO3/c1-2-10-4-3-5-11-8-12(9-17)13(16-15(10)11)6-7-14(18)19/h3-9H,2H2,1H3,(H,18,19)/b7-6+. The molecule has 0 fully saturated rings. The van der Waals surface area contributed by atoms with Crippen molar-refractivity contribution in [3.63, 3.8) is 0 Å². The predicted molar refractivity (Wildman–Crippen MR) is 73.2 cm³/mol. The van der Waals surface area contributed by atoms with Gasteiger partial charge >= 0.3 is 5.97 Å². The Bertz CT molecular complexity index is 674. The maximum absolute atomic E-state index is 11.0. The number of para-hydroxylation sites is 1. The molecule has 0 spiro atoms. The average Bonchev–Trinajstić information content (AvgIpc) is 2.43. The molecule has 2 aromatic rings. The summed E-state index contributed by atoms with van der Waals surface area (Å²) in [4.78, 5) is 26.0. The van der Waals surface area contributed by atoms with Gasteiger partial charge in [-0.05, 0) is 24.1 Å². The van der Waals surface area contributed by atoms with Crippen LogP contribution in [0.15, 0.2) is 30.3 Å². The Morgan fingerprint density at radius 1 is 1.42 bits per heavy atom. The summed E-state index contributed by atoms with van der Waals surface area (Å²) in [7, 11) is 0. The summed E-state index contributed by atoms with van der Waals surface area (Å²) < 4.78 is 0. The molecule has 1 heterocycles. The Kier molecular flexibility index (Phi) is 3.71. The van der Waals surface area contributed by atoms with Crippen molar-refractivity contribution in [1.82, 2.24) is 4.98 Å². The van der Waals surface area contributed by atoms with E-state index in [1.807, 2.05) is 25.1 Å². The SMILES string of the molecule is CCc1cccc2cc(C=O)c(/C=C/C(=O)O)nc12. The van der Waals surface area contributed by atoms with E-state index in [0.717, 1.165) is 29.0 Å². The third-order valence-corrected chi connectivity index (χ3v) is 2.88. The Morgan fingerprint density at radius 3 is 2.84 bits per heavy atom. The van der Waals surface area contributed by atoms with Gasteiger partial charge < -0.3 is 5.11 Å². The summed E-state index contributed by atoms with van der Waals surface area (Å²) >= 11 is 0. The fourth-order valence-electron chi connectivity index (χ4n) is 1.95. The average molecular weight is 255 g/mol. The molecule has 1 N–H and O–H groups in total. The molecule has 0 bridgehead atoms. The third kappa shape index (κ3) is 2.68. The van der Waals surface area contributed by atoms with E-state index in [4.69, 9.17) is 5.11 Å². The van der Waals surface area contributed by atoms with Crippen LogP contribution >= 0.6 is 0 Å². The van der Waals surface area contributed by atoms with Crippen molar-refractivity contribution >= 4 is 29.2 Å². The lowest BCUT2D eigenvalue weighted by molar-refractivity contribution is -0.131. The Balaban J connectivity index is 2.68. The predicted octanol–water partition coefficient (Wildman–Crippen LogP) is 2.71. The molecule has 0 amide bonds. The van der Waals surface area contributed by atoms with Crippen LogP contribution in [-0.2, 0) is 11.2 Å². The van der Waals surface area contributed by atoms with E-state index in [0.29, 0.717) is 17.5 Å². The summed E-state index contributed by atoms with van der Waals surface area (Å²) in [5.74, 6) is -1.07. The number of aldehydes is 1. The molecule has 19 heavy (non-hydrogen) atoms. The maximum atomic E-state index is 11.0. The van der Waals surface area contributed by atoms with Gasteiger partial charge in [0.05, 0.1) is 11.2 Å². The maximum Gasteiger partial charge on any atom is 0.328 e. The number of nitrogens with zero attached hydrogens (tertiary/aromatic N) is 1. The van der Waals surface area contributed by atoms with Crippen molar-refractivity contribution in [2.45, 2.75) is 13.3 Å². The fraction of sp³-hybridized carbons (Fsp3) is 0.133. The minimum atomic E-state index is -1.07. The smallest absolute Gasteiger partial charge is 0.328 e. The highest BCUT2D eigenvalue weighted by Gasteiger charge is 2.07. The van der Waals surface area contributed by atoms with E-state index in [2.05, 4.69) is 4.98 Å². The van der Waals surface area contributed by atoms with Gasteiger partial charge in [0.1, 0.15) is 0 Å². The summed E-state index contributed by atoms with van der Waals surface area (Å²) in [5.41, 5.74) is 2.64. The van der Waals surface area contributed by atoms with Gasteiger partial charge in [-0.3, -0.25) is 4.79 Å². The number of benzene rings is 1. The quantitative estimate of drug-likeness (QED) is 0.673. The molecule has 0 unspecified atom stereocenters. The number of carbonyl (C=O) groups excluding carboxylic acids is 1. The van der Waals surface area contributed by atoms with Crippen LogP contribution in [0.2, 0.25) is 0 Å². The van der Waals surface area contributed by atoms with Gasteiger partial charge in [-0.2, -0.15) is 0 Å². The number of aliphatic carboxylic acids is 1. The van der Waals surface area contributed by atoms with Crippen LogP contribution in [-0.4, -0.2) is 22.3 Å². The van der Waals surface area contributed by atoms with Crippen LogP contribution in [0.25, 0.3) is 17.0 Å². The Hall–Kier alpha value is -2.49. The van der Waals surface area contributed by atoms with Crippen LogP contribution in [0.4, 0.5) is 0 Å². The molecule has 0 saturated heterocycles. The zero-order valence-electron chi connectivity index (χ0n) is 10.5. The van der Waals surface area contributed by atoms with Gasteiger partial charge in [0.25, 0.3) is 0 Å². The number of aryl methyl sites for hydroxylation is 1. The molecule has 0 aliphatic heterocycles. The third-order valence-electron chi connectivity index (χ3n) is 2.88. The van der Waals surface area contributed by atoms with Crippen molar-refractivity contribution in [2.75, 3.05) is 0 Å². The van der Waals surface area contributed by atoms with Gasteiger partial charge in [0.15, 0.2) is 6.29 Å². The number of pyridine rings is 1. The number of carboxylic acids is 1. The lowest BCUT2D eigenvalue weighted by Gasteiger charge is -2.06. The summed E-state index contributed by atoms with van der Waals surface area (Å²) in [6.45, 7) is 2.02. The summed E-state index contributed by atoms with van der Waals surface area (Å²) in [6, 6.07) is 7.51. The first-order chi connectivity index (χ1) is 9.15. The molecule has 4 heteroatoms. The number of fused-ring (bicyclic) bond motifs is 1. The molecule has 0 aliphatic carbocycles. The molecular weight excluding hydrogens is 242 g/mol. The number of carbonyl (C=O) groups is 2. The first kappa shape index (κ1) is 13.0. The molecule has 0 radical (unpaired) electrons. The lowest BCUT2D eigenvalue weighted by Crippen LogP contribution is -1.96. The van der Waals surface area contributed by atoms with Gasteiger partial charge in [-0.15, -0.1) is 0 Å². The topological polar surface area (TPSA) is 67.3 Å².